The Morgan fingerprint density at radius 1 is 1.45 bits per heavy atom. The lowest BCUT2D eigenvalue weighted by Crippen LogP contribution is -2.56. The molecule has 122 valence electrons. The van der Waals surface area contributed by atoms with E-state index in [0.29, 0.717) is 18.2 Å². The third-order valence-electron chi connectivity index (χ3n) is 4.91. The van der Waals surface area contributed by atoms with Gasteiger partial charge in [0.05, 0.1) is 13.2 Å². The number of amides is 1. The number of rotatable bonds is 6. The molecule has 22 heavy (non-hydrogen) atoms. The van der Waals surface area contributed by atoms with Crippen molar-refractivity contribution < 1.29 is 14.1 Å². The van der Waals surface area contributed by atoms with E-state index in [1.54, 1.807) is 6.07 Å². The zero-order valence-electron chi connectivity index (χ0n) is 13.4. The predicted octanol–water partition coefficient (Wildman–Crippen LogP) is 1.78. The molecule has 1 aromatic rings. The summed E-state index contributed by atoms with van der Waals surface area (Å²) in [6.07, 6.45) is 3.25. The number of nitrogens with zero attached hydrogens (tertiary/aromatic N) is 2. The summed E-state index contributed by atoms with van der Waals surface area (Å²) in [5, 5.41) is 6.91. The van der Waals surface area contributed by atoms with Crippen molar-refractivity contribution in [3.8, 4) is 0 Å². The molecule has 2 aliphatic rings. The molecule has 1 unspecified atom stereocenters. The first-order chi connectivity index (χ1) is 10.6. The second-order valence-electron chi connectivity index (χ2n) is 6.52. The van der Waals surface area contributed by atoms with Crippen LogP contribution >= 0.6 is 0 Å². The van der Waals surface area contributed by atoms with E-state index in [4.69, 9.17) is 9.26 Å². The number of carbonyl (C=O) groups excluding carboxylic acids is 1. The largest absolute Gasteiger partial charge is 0.379 e. The maximum absolute atomic E-state index is 12.3. The molecule has 0 aromatic carbocycles. The molecule has 1 N–H and O–H groups in total. The predicted molar refractivity (Wildman–Crippen MR) is 81.9 cm³/mol. The van der Waals surface area contributed by atoms with E-state index in [0.717, 1.165) is 51.3 Å². The van der Waals surface area contributed by atoms with E-state index in [1.807, 2.05) is 0 Å². The molecule has 6 heteroatoms. The van der Waals surface area contributed by atoms with Crippen LogP contribution in [0.3, 0.4) is 0 Å². The summed E-state index contributed by atoms with van der Waals surface area (Å²) in [4.78, 5) is 14.7. The van der Waals surface area contributed by atoms with Crippen LogP contribution in [0.25, 0.3) is 0 Å². The molecular weight excluding hydrogens is 282 g/mol. The lowest BCUT2D eigenvalue weighted by molar-refractivity contribution is -0.0169. The maximum atomic E-state index is 12.3. The second kappa shape index (κ2) is 6.38. The summed E-state index contributed by atoms with van der Waals surface area (Å²) in [7, 11) is 0. The molecule has 2 heterocycles. The van der Waals surface area contributed by atoms with Crippen LogP contribution in [0, 0.1) is 0 Å². The Kier molecular flexibility index (Phi) is 4.49. The number of nitrogens with one attached hydrogen (secondary N) is 1. The van der Waals surface area contributed by atoms with Crippen molar-refractivity contribution in [2.45, 2.75) is 44.6 Å². The summed E-state index contributed by atoms with van der Waals surface area (Å²) in [6, 6.07) is 1.78. The highest BCUT2D eigenvalue weighted by Gasteiger charge is 2.33. The van der Waals surface area contributed by atoms with Gasteiger partial charge in [-0.3, -0.25) is 9.69 Å². The molecule has 1 saturated carbocycles. The molecule has 1 aliphatic heterocycles. The van der Waals surface area contributed by atoms with Crippen molar-refractivity contribution in [1.29, 1.82) is 0 Å². The minimum atomic E-state index is -0.149. The van der Waals surface area contributed by atoms with Crippen molar-refractivity contribution in [1.82, 2.24) is 15.4 Å². The SMILES string of the molecule is CCC(C)(CNC(=O)c1cc(C2CC2)on1)N1CCOCC1. The lowest BCUT2D eigenvalue weighted by atomic mass is 9.95. The maximum Gasteiger partial charge on any atom is 0.273 e. The fourth-order valence-corrected chi connectivity index (χ4v) is 2.88. The Balaban J connectivity index is 1.57. The second-order valence-corrected chi connectivity index (χ2v) is 6.52. The van der Waals surface area contributed by atoms with Crippen LogP contribution in [-0.2, 0) is 4.74 Å². The monoisotopic (exact) mass is 307 g/mol. The highest BCUT2D eigenvalue weighted by molar-refractivity contribution is 5.92. The summed E-state index contributed by atoms with van der Waals surface area (Å²) in [5.41, 5.74) is 0.338. The molecule has 0 bridgehead atoms. The van der Waals surface area contributed by atoms with Crippen LogP contribution < -0.4 is 5.32 Å². The fraction of sp³-hybridized carbons (Fsp3) is 0.750. The Labute approximate surface area is 131 Å². The normalized spacial score (nSPS) is 22.3. The van der Waals surface area contributed by atoms with Gasteiger partial charge in [-0.25, -0.2) is 0 Å². The van der Waals surface area contributed by atoms with Gasteiger partial charge in [0.15, 0.2) is 5.69 Å². The zero-order valence-corrected chi connectivity index (χ0v) is 13.4. The summed E-state index contributed by atoms with van der Waals surface area (Å²) in [5.74, 6) is 1.17. The third-order valence-corrected chi connectivity index (χ3v) is 4.91. The van der Waals surface area contributed by atoms with E-state index < -0.39 is 0 Å². The Bertz CT molecular complexity index is 520. The number of hydrogen-bond donors (Lipinski definition) is 1. The average molecular weight is 307 g/mol. The van der Waals surface area contributed by atoms with Crippen molar-refractivity contribution in [2.75, 3.05) is 32.8 Å². The van der Waals surface area contributed by atoms with Gasteiger partial charge >= 0.3 is 0 Å². The Hall–Kier alpha value is -1.40. The molecule has 0 spiro atoms. The van der Waals surface area contributed by atoms with E-state index in [2.05, 4.69) is 29.2 Å². The van der Waals surface area contributed by atoms with Crippen LogP contribution in [-0.4, -0.2) is 54.4 Å². The molecule has 1 saturated heterocycles. The first-order valence-corrected chi connectivity index (χ1v) is 8.20. The van der Waals surface area contributed by atoms with Crippen molar-refractivity contribution in [2.24, 2.45) is 0 Å². The van der Waals surface area contributed by atoms with Crippen molar-refractivity contribution >= 4 is 5.91 Å². The van der Waals surface area contributed by atoms with Gasteiger partial charge < -0.3 is 14.6 Å². The van der Waals surface area contributed by atoms with Crippen LogP contribution in [0.15, 0.2) is 10.6 Å². The van der Waals surface area contributed by atoms with Crippen molar-refractivity contribution in [3.05, 3.63) is 17.5 Å². The third kappa shape index (κ3) is 3.33. The molecular formula is C16H25N3O3. The highest BCUT2D eigenvalue weighted by atomic mass is 16.5. The lowest BCUT2D eigenvalue weighted by Gasteiger charge is -2.42. The number of aromatic nitrogens is 1. The van der Waals surface area contributed by atoms with Gasteiger partial charge in [-0.2, -0.15) is 0 Å². The zero-order chi connectivity index (χ0) is 15.6. The average Bonchev–Trinajstić information content (AvgIpc) is 3.30. The van der Waals surface area contributed by atoms with Gasteiger partial charge in [-0.05, 0) is 26.2 Å². The van der Waals surface area contributed by atoms with Gasteiger partial charge in [0.25, 0.3) is 5.91 Å². The first kappa shape index (κ1) is 15.5. The highest BCUT2D eigenvalue weighted by Crippen LogP contribution is 2.40. The molecule has 0 radical (unpaired) electrons. The molecule has 1 amide bonds. The van der Waals surface area contributed by atoms with Gasteiger partial charge in [-0.15, -0.1) is 0 Å². The topological polar surface area (TPSA) is 67.6 Å². The van der Waals surface area contributed by atoms with E-state index >= 15 is 0 Å². The molecule has 6 nitrogen and oxygen atoms in total. The smallest absolute Gasteiger partial charge is 0.273 e. The summed E-state index contributed by atoms with van der Waals surface area (Å²) in [6.45, 7) is 8.30. The van der Waals surface area contributed by atoms with Crippen LogP contribution in [0.4, 0.5) is 0 Å². The standard InChI is InChI=1S/C16H25N3O3/c1-3-16(2,19-6-8-21-9-7-19)11-17-15(20)13-10-14(22-18-13)12-4-5-12/h10,12H,3-9,11H2,1-2H3,(H,17,20). The van der Waals surface area contributed by atoms with Gasteiger partial charge in [0.2, 0.25) is 0 Å². The first-order valence-electron chi connectivity index (χ1n) is 8.20. The molecule has 1 aliphatic carbocycles. The van der Waals surface area contributed by atoms with Gasteiger partial charge in [0.1, 0.15) is 5.76 Å². The Morgan fingerprint density at radius 2 is 2.18 bits per heavy atom. The minimum absolute atomic E-state index is 0.0531. The molecule has 1 atom stereocenters. The number of carbonyl (C=O) groups is 1. The van der Waals surface area contributed by atoms with Crippen LogP contribution in [0.5, 0.6) is 0 Å². The molecule has 2 fully saturated rings. The minimum Gasteiger partial charge on any atom is -0.379 e. The molecule has 3 rings (SSSR count). The Morgan fingerprint density at radius 3 is 2.82 bits per heavy atom. The van der Waals surface area contributed by atoms with Gasteiger partial charge in [-0.1, -0.05) is 12.1 Å². The van der Waals surface area contributed by atoms with Crippen molar-refractivity contribution in [3.63, 3.8) is 0 Å². The summed E-state index contributed by atoms with van der Waals surface area (Å²) >= 11 is 0. The van der Waals surface area contributed by atoms with E-state index in [9.17, 15) is 4.79 Å². The summed E-state index contributed by atoms with van der Waals surface area (Å²) < 4.78 is 10.7. The van der Waals surface area contributed by atoms with Crippen LogP contribution in [0.1, 0.15) is 55.3 Å². The van der Waals surface area contributed by atoms with E-state index in [1.165, 1.54) is 0 Å². The number of hydrogen-bond acceptors (Lipinski definition) is 5. The number of ether oxygens (including phenoxy) is 1. The van der Waals surface area contributed by atoms with Crippen LogP contribution in [0.2, 0.25) is 0 Å². The van der Waals surface area contributed by atoms with Gasteiger partial charge in [0, 0.05) is 37.2 Å². The number of morpholine rings is 1. The molecule has 1 aromatic heterocycles. The fourth-order valence-electron chi connectivity index (χ4n) is 2.88. The van der Waals surface area contributed by atoms with E-state index in [-0.39, 0.29) is 11.4 Å². The quantitative estimate of drug-likeness (QED) is 0.868.